The number of anilines is 2. The second kappa shape index (κ2) is 10.5. The molecule has 7 nitrogen and oxygen atoms in total. The third-order valence-electron chi connectivity index (χ3n) is 4.88. The Morgan fingerprint density at radius 3 is 2.38 bits per heavy atom. The number of benzene rings is 3. The number of para-hydroxylation sites is 1. The van der Waals surface area contributed by atoms with Crippen LogP contribution in [-0.2, 0) is 16.1 Å². The van der Waals surface area contributed by atoms with Gasteiger partial charge in [-0.3, -0.25) is 19.0 Å². The fourth-order valence-electron chi connectivity index (χ4n) is 3.38. The summed E-state index contributed by atoms with van der Waals surface area (Å²) in [5.41, 5.74) is 2.50. The van der Waals surface area contributed by atoms with Crippen molar-refractivity contribution >= 4 is 57.5 Å². The van der Waals surface area contributed by atoms with Crippen LogP contribution >= 0.6 is 23.4 Å². The zero-order chi connectivity index (χ0) is 24.1. The molecule has 2 N–H and O–H groups in total. The van der Waals surface area contributed by atoms with Gasteiger partial charge in [0, 0.05) is 23.3 Å². The molecule has 0 radical (unpaired) electrons. The lowest BCUT2D eigenvalue weighted by Gasteiger charge is -2.13. The lowest BCUT2D eigenvalue weighted by molar-refractivity contribution is -0.114. The summed E-state index contributed by atoms with van der Waals surface area (Å²) >= 11 is 7.31. The van der Waals surface area contributed by atoms with E-state index >= 15 is 0 Å². The zero-order valence-corrected chi connectivity index (χ0v) is 19.8. The van der Waals surface area contributed by atoms with Crippen LogP contribution in [0.5, 0.6) is 0 Å². The van der Waals surface area contributed by atoms with Crippen LogP contribution in [0.3, 0.4) is 0 Å². The molecule has 9 heteroatoms. The lowest BCUT2D eigenvalue weighted by atomic mass is 10.2. The first-order valence-electron chi connectivity index (χ1n) is 10.4. The largest absolute Gasteiger partial charge is 0.326 e. The maximum absolute atomic E-state index is 13.2. The maximum atomic E-state index is 13.2. The van der Waals surface area contributed by atoms with E-state index in [0.717, 1.165) is 5.56 Å². The van der Waals surface area contributed by atoms with E-state index in [4.69, 9.17) is 11.6 Å². The average Bonchev–Trinajstić information content (AvgIpc) is 2.81. The van der Waals surface area contributed by atoms with Crippen molar-refractivity contribution in [1.82, 2.24) is 9.55 Å². The van der Waals surface area contributed by atoms with Gasteiger partial charge in [0.2, 0.25) is 11.8 Å². The number of fused-ring (bicyclic) bond motifs is 1. The number of hydrogen-bond acceptors (Lipinski definition) is 5. The molecule has 0 fully saturated rings. The van der Waals surface area contributed by atoms with Crippen molar-refractivity contribution in [3.05, 3.63) is 93.7 Å². The van der Waals surface area contributed by atoms with E-state index in [2.05, 4.69) is 15.6 Å². The van der Waals surface area contributed by atoms with Gasteiger partial charge in [-0.05, 0) is 54.1 Å². The molecule has 3 aromatic carbocycles. The number of carbonyl (C=O) groups excluding carboxylic acids is 2. The molecule has 0 unspecified atom stereocenters. The summed E-state index contributed by atoms with van der Waals surface area (Å²) in [5, 5.41) is 7.03. The highest BCUT2D eigenvalue weighted by molar-refractivity contribution is 7.99. The van der Waals surface area contributed by atoms with Crippen molar-refractivity contribution < 1.29 is 9.59 Å². The van der Waals surface area contributed by atoms with Crippen LogP contribution in [0.4, 0.5) is 11.4 Å². The van der Waals surface area contributed by atoms with E-state index in [-0.39, 0.29) is 29.7 Å². The number of aromatic nitrogens is 2. The van der Waals surface area contributed by atoms with Crippen molar-refractivity contribution in [3.8, 4) is 0 Å². The fraction of sp³-hybridized carbons (Fsp3) is 0.120. The summed E-state index contributed by atoms with van der Waals surface area (Å²) in [6.45, 7) is 1.71. The van der Waals surface area contributed by atoms with E-state index in [9.17, 15) is 14.4 Å². The molecule has 2 amide bonds. The van der Waals surface area contributed by atoms with Crippen LogP contribution in [0.1, 0.15) is 12.5 Å². The van der Waals surface area contributed by atoms with Crippen molar-refractivity contribution in [1.29, 1.82) is 0 Å². The number of halogens is 1. The van der Waals surface area contributed by atoms with Crippen LogP contribution in [0.2, 0.25) is 5.02 Å². The van der Waals surface area contributed by atoms with Crippen molar-refractivity contribution in [2.45, 2.75) is 18.6 Å². The Labute approximate surface area is 205 Å². The van der Waals surface area contributed by atoms with Gasteiger partial charge in [-0.15, -0.1) is 0 Å². The monoisotopic (exact) mass is 492 g/mol. The summed E-state index contributed by atoms with van der Waals surface area (Å²) in [5.74, 6) is -0.345. The smallest absolute Gasteiger partial charge is 0.262 e. The van der Waals surface area contributed by atoms with Gasteiger partial charge in [0.1, 0.15) is 0 Å². The van der Waals surface area contributed by atoms with Gasteiger partial charge in [0.15, 0.2) is 5.16 Å². The number of amides is 2. The molecule has 1 heterocycles. The third-order valence-corrected chi connectivity index (χ3v) is 6.09. The molecular weight excluding hydrogens is 472 g/mol. The first-order valence-corrected chi connectivity index (χ1v) is 11.8. The Morgan fingerprint density at radius 1 is 0.971 bits per heavy atom. The van der Waals surface area contributed by atoms with E-state index < -0.39 is 0 Å². The second-order valence-electron chi connectivity index (χ2n) is 7.53. The molecule has 34 heavy (non-hydrogen) atoms. The topological polar surface area (TPSA) is 93.1 Å². The summed E-state index contributed by atoms with van der Waals surface area (Å²) in [4.78, 5) is 41.6. The molecule has 0 atom stereocenters. The van der Waals surface area contributed by atoms with Crippen LogP contribution in [0.25, 0.3) is 10.9 Å². The van der Waals surface area contributed by atoms with Gasteiger partial charge in [-0.2, -0.15) is 0 Å². The van der Waals surface area contributed by atoms with Gasteiger partial charge >= 0.3 is 0 Å². The molecule has 0 bridgehead atoms. The first kappa shape index (κ1) is 23.5. The SMILES string of the molecule is CC(=O)Nc1ccc(NC(=O)CSc2nc3ccccc3c(=O)n2Cc2cccc(Cl)c2)cc1. The summed E-state index contributed by atoms with van der Waals surface area (Å²) in [6, 6.07) is 21.3. The van der Waals surface area contributed by atoms with Crippen LogP contribution in [0.15, 0.2) is 82.7 Å². The zero-order valence-electron chi connectivity index (χ0n) is 18.2. The molecule has 4 rings (SSSR count). The van der Waals surface area contributed by atoms with E-state index in [1.807, 2.05) is 18.2 Å². The van der Waals surface area contributed by atoms with Gasteiger partial charge in [-0.1, -0.05) is 47.6 Å². The molecule has 172 valence electrons. The number of nitrogens with one attached hydrogen (secondary N) is 2. The molecular formula is C25H21ClN4O3S. The predicted molar refractivity (Wildman–Crippen MR) is 137 cm³/mol. The third kappa shape index (κ3) is 5.84. The molecule has 0 aliphatic carbocycles. The van der Waals surface area contributed by atoms with E-state index in [1.54, 1.807) is 59.2 Å². The van der Waals surface area contributed by atoms with E-state index in [0.29, 0.717) is 32.5 Å². The minimum atomic E-state index is -0.242. The number of rotatable bonds is 7. The first-order chi connectivity index (χ1) is 16.4. The normalized spacial score (nSPS) is 10.8. The number of carbonyl (C=O) groups is 2. The van der Waals surface area contributed by atoms with Gasteiger partial charge in [-0.25, -0.2) is 4.98 Å². The van der Waals surface area contributed by atoms with Crippen molar-refractivity contribution in [2.24, 2.45) is 0 Å². The minimum absolute atomic E-state index is 0.0633. The molecule has 0 saturated heterocycles. The Bertz CT molecular complexity index is 1420. The number of hydrogen-bond donors (Lipinski definition) is 2. The average molecular weight is 493 g/mol. The highest BCUT2D eigenvalue weighted by Gasteiger charge is 2.14. The Kier molecular flexibility index (Phi) is 7.30. The van der Waals surface area contributed by atoms with Crippen LogP contribution < -0.4 is 16.2 Å². The highest BCUT2D eigenvalue weighted by atomic mass is 35.5. The molecule has 1 aromatic heterocycles. The predicted octanol–water partition coefficient (Wildman–Crippen LogP) is 4.79. The maximum Gasteiger partial charge on any atom is 0.262 e. The van der Waals surface area contributed by atoms with Crippen molar-refractivity contribution in [2.75, 3.05) is 16.4 Å². The Morgan fingerprint density at radius 2 is 1.68 bits per heavy atom. The molecule has 0 saturated carbocycles. The van der Waals surface area contributed by atoms with E-state index in [1.165, 1.54) is 18.7 Å². The minimum Gasteiger partial charge on any atom is -0.326 e. The van der Waals surface area contributed by atoms with Crippen molar-refractivity contribution in [3.63, 3.8) is 0 Å². The molecule has 0 spiro atoms. The quantitative estimate of drug-likeness (QED) is 0.286. The van der Waals surface area contributed by atoms with Crippen LogP contribution in [0, 0.1) is 0 Å². The second-order valence-corrected chi connectivity index (χ2v) is 8.91. The highest BCUT2D eigenvalue weighted by Crippen LogP contribution is 2.21. The fourth-order valence-corrected chi connectivity index (χ4v) is 4.39. The summed E-state index contributed by atoms with van der Waals surface area (Å²) < 4.78 is 1.56. The lowest BCUT2D eigenvalue weighted by Crippen LogP contribution is -2.25. The van der Waals surface area contributed by atoms with Crippen LogP contribution in [-0.4, -0.2) is 27.1 Å². The molecule has 4 aromatic rings. The van der Waals surface area contributed by atoms with Gasteiger partial charge in [0.25, 0.3) is 5.56 Å². The number of nitrogens with zero attached hydrogens (tertiary/aromatic N) is 2. The molecule has 0 aliphatic rings. The van der Waals surface area contributed by atoms with Gasteiger partial charge < -0.3 is 10.6 Å². The summed E-state index contributed by atoms with van der Waals surface area (Å²) in [6.07, 6.45) is 0. The Hall–Kier alpha value is -3.62. The number of thioether (sulfide) groups is 1. The standard InChI is InChI=1S/C25H21ClN4O3S/c1-16(31)27-19-9-11-20(12-10-19)28-23(32)15-34-25-29-22-8-3-2-7-21(22)24(33)30(25)14-17-5-4-6-18(26)13-17/h2-13H,14-15H2,1H3,(H,27,31)(H,28,32). The summed E-state index contributed by atoms with van der Waals surface area (Å²) in [7, 11) is 0. The Balaban J connectivity index is 1.54. The molecule has 0 aliphatic heterocycles. The van der Waals surface area contributed by atoms with Gasteiger partial charge in [0.05, 0.1) is 23.2 Å².